The van der Waals surface area contributed by atoms with Crippen LogP contribution in [0.2, 0.25) is 0 Å². The average Bonchev–Trinajstić information content (AvgIpc) is 2.69. The molecular weight excluding hydrogens is 334 g/mol. The molecule has 26 heavy (non-hydrogen) atoms. The van der Waals surface area contributed by atoms with Crippen LogP contribution in [0.1, 0.15) is 28.9 Å². The van der Waals surface area contributed by atoms with Crippen LogP contribution in [0.4, 0.5) is 17.3 Å². The molecule has 1 saturated heterocycles. The lowest BCUT2D eigenvalue weighted by Crippen LogP contribution is -2.35. The van der Waals surface area contributed by atoms with Crippen LogP contribution in [0.15, 0.2) is 24.7 Å². The number of nitrogens with zero attached hydrogens (tertiary/aromatic N) is 4. The zero-order chi connectivity index (χ0) is 18.4. The van der Waals surface area contributed by atoms with Crippen LogP contribution in [0, 0.1) is 11.3 Å². The zero-order valence-electron chi connectivity index (χ0n) is 14.3. The number of hydrogen-bond acceptors (Lipinski definition) is 9. The van der Waals surface area contributed by atoms with E-state index in [2.05, 4.69) is 30.9 Å². The highest BCUT2D eigenvalue weighted by Crippen LogP contribution is 2.23. The summed E-state index contributed by atoms with van der Waals surface area (Å²) >= 11 is 0. The zero-order valence-corrected chi connectivity index (χ0v) is 14.3. The Morgan fingerprint density at radius 1 is 1.23 bits per heavy atom. The third kappa shape index (κ3) is 4.23. The minimum Gasteiger partial charge on any atom is -0.465 e. The number of piperidine rings is 1. The van der Waals surface area contributed by atoms with Gasteiger partial charge in [0.05, 0.1) is 25.2 Å². The normalized spacial score (nSPS) is 14.3. The molecule has 0 atom stereocenters. The molecule has 3 rings (SSSR count). The number of methoxy groups -OCH3 is 1. The highest BCUT2D eigenvalue weighted by Gasteiger charge is 2.18. The number of aromatic nitrogens is 3. The van der Waals surface area contributed by atoms with Crippen molar-refractivity contribution >= 4 is 23.3 Å². The fourth-order valence-electron chi connectivity index (χ4n) is 2.68. The van der Waals surface area contributed by atoms with Gasteiger partial charge in [-0.1, -0.05) is 0 Å². The van der Waals surface area contributed by atoms with Gasteiger partial charge < -0.3 is 20.7 Å². The van der Waals surface area contributed by atoms with E-state index >= 15 is 0 Å². The topological polar surface area (TPSA) is 125 Å². The van der Waals surface area contributed by atoms with Crippen molar-refractivity contribution in [3.63, 3.8) is 0 Å². The summed E-state index contributed by atoms with van der Waals surface area (Å²) in [6.07, 6.45) is 6.22. The van der Waals surface area contributed by atoms with E-state index in [4.69, 9.17) is 10.00 Å². The van der Waals surface area contributed by atoms with Gasteiger partial charge in [-0.2, -0.15) is 5.26 Å². The van der Waals surface area contributed by atoms with Gasteiger partial charge in [-0.15, -0.1) is 0 Å². The molecule has 0 aliphatic carbocycles. The van der Waals surface area contributed by atoms with Crippen molar-refractivity contribution in [1.29, 1.82) is 5.26 Å². The van der Waals surface area contributed by atoms with Crippen LogP contribution in [0.5, 0.6) is 0 Å². The molecule has 0 aromatic carbocycles. The number of esters is 1. The third-order valence-corrected chi connectivity index (χ3v) is 4.03. The molecule has 0 spiro atoms. The first-order valence-electron chi connectivity index (χ1n) is 8.24. The average molecular weight is 353 g/mol. The second-order valence-electron chi connectivity index (χ2n) is 5.80. The third-order valence-electron chi connectivity index (χ3n) is 4.03. The van der Waals surface area contributed by atoms with E-state index in [0.717, 1.165) is 25.9 Å². The van der Waals surface area contributed by atoms with E-state index in [9.17, 15) is 4.79 Å². The summed E-state index contributed by atoms with van der Waals surface area (Å²) in [5.74, 6) is 0.516. The summed E-state index contributed by atoms with van der Waals surface area (Å²) in [5, 5.41) is 18.5. The predicted octanol–water partition coefficient (Wildman–Crippen LogP) is 1.44. The molecule has 0 saturated carbocycles. The van der Waals surface area contributed by atoms with Crippen LogP contribution in [-0.4, -0.2) is 47.2 Å². The Labute approximate surface area is 150 Å². The van der Waals surface area contributed by atoms with Crippen LogP contribution < -0.4 is 16.0 Å². The van der Waals surface area contributed by atoms with E-state index in [1.807, 2.05) is 6.07 Å². The standard InChI is InChI=1S/C17H19N7O2/c1-26-17(25)13-9-22-15(24-16-10-20-12(7-18)8-21-16)6-14(13)23-11-2-4-19-5-3-11/h6,8-11,19H,2-5H2,1H3,(H2,21,22,23,24). The summed E-state index contributed by atoms with van der Waals surface area (Å²) in [4.78, 5) is 24.3. The summed E-state index contributed by atoms with van der Waals surface area (Å²) in [6.45, 7) is 1.87. The van der Waals surface area contributed by atoms with E-state index in [1.54, 1.807) is 6.07 Å². The second kappa shape index (κ2) is 8.22. The number of ether oxygens (including phenoxy) is 1. The fraction of sp³-hybridized carbons (Fsp3) is 0.353. The number of rotatable bonds is 5. The second-order valence-corrected chi connectivity index (χ2v) is 5.80. The molecule has 3 heterocycles. The number of anilines is 3. The molecule has 134 valence electrons. The Hall–Kier alpha value is -3.25. The van der Waals surface area contributed by atoms with Crippen LogP contribution in [0.3, 0.4) is 0 Å². The lowest BCUT2D eigenvalue weighted by molar-refractivity contribution is 0.0601. The Bertz CT molecular complexity index is 811. The smallest absolute Gasteiger partial charge is 0.341 e. The summed E-state index contributed by atoms with van der Waals surface area (Å²) in [7, 11) is 1.34. The maximum atomic E-state index is 12.0. The first kappa shape index (κ1) is 17.6. The van der Waals surface area contributed by atoms with E-state index in [0.29, 0.717) is 22.9 Å². The minimum atomic E-state index is -0.446. The number of pyridine rings is 1. The van der Waals surface area contributed by atoms with Crippen molar-refractivity contribution in [3.8, 4) is 6.07 Å². The minimum absolute atomic E-state index is 0.234. The van der Waals surface area contributed by atoms with E-state index in [1.165, 1.54) is 25.7 Å². The molecule has 9 nitrogen and oxygen atoms in total. The predicted molar refractivity (Wildman–Crippen MR) is 95.1 cm³/mol. The molecular formula is C17H19N7O2. The van der Waals surface area contributed by atoms with Gasteiger partial charge >= 0.3 is 5.97 Å². The van der Waals surface area contributed by atoms with Crippen molar-refractivity contribution in [2.75, 3.05) is 30.8 Å². The highest BCUT2D eigenvalue weighted by atomic mass is 16.5. The Morgan fingerprint density at radius 3 is 2.65 bits per heavy atom. The molecule has 2 aromatic rings. The Morgan fingerprint density at radius 2 is 2.00 bits per heavy atom. The molecule has 0 unspecified atom stereocenters. The van der Waals surface area contributed by atoms with Gasteiger partial charge in [0.25, 0.3) is 0 Å². The molecule has 1 aliphatic heterocycles. The molecule has 0 amide bonds. The number of hydrogen-bond donors (Lipinski definition) is 3. The van der Waals surface area contributed by atoms with Crippen molar-refractivity contribution < 1.29 is 9.53 Å². The molecule has 0 bridgehead atoms. The van der Waals surface area contributed by atoms with Gasteiger partial charge in [-0.3, -0.25) is 0 Å². The molecule has 0 radical (unpaired) electrons. The maximum Gasteiger partial charge on any atom is 0.341 e. The van der Waals surface area contributed by atoms with Crippen molar-refractivity contribution in [2.24, 2.45) is 0 Å². The number of nitriles is 1. The van der Waals surface area contributed by atoms with Crippen LogP contribution in [0.25, 0.3) is 0 Å². The van der Waals surface area contributed by atoms with Crippen LogP contribution >= 0.6 is 0 Å². The van der Waals surface area contributed by atoms with Gasteiger partial charge in [0.2, 0.25) is 0 Å². The van der Waals surface area contributed by atoms with Gasteiger partial charge in [0.15, 0.2) is 5.69 Å². The van der Waals surface area contributed by atoms with Crippen molar-refractivity contribution in [1.82, 2.24) is 20.3 Å². The van der Waals surface area contributed by atoms with Gasteiger partial charge in [-0.25, -0.2) is 19.7 Å². The van der Waals surface area contributed by atoms with Crippen LogP contribution in [-0.2, 0) is 4.74 Å². The number of carbonyl (C=O) groups excluding carboxylic acids is 1. The maximum absolute atomic E-state index is 12.0. The quantitative estimate of drug-likeness (QED) is 0.685. The first-order chi connectivity index (χ1) is 12.7. The Kier molecular flexibility index (Phi) is 5.56. The first-order valence-corrected chi connectivity index (χ1v) is 8.24. The summed E-state index contributed by atoms with van der Waals surface area (Å²) in [5.41, 5.74) is 1.27. The van der Waals surface area contributed by atoms with Crippen molar-refractivity contribution in [3.05, 3.63) is 35.9 Å². The fourth-order valence-corrected chi connectivity index (χ4v) is 2.68. The van der Waals surface area contributed by atoms with Gasteiger partial charge in [-0.05, 0) is 25.9 Å². The van der Waals surface area contributed by atoms with E-state index < -0.39 is 5.97 Å². The van der Waals surface area contributed by atoms with Gasteiger partial charge in [0, 0.05) is 18.3 Å². The van der Waals surface area contributed by atoms with Gasteiger partial charge in [0.1, 0.15) is 23.3 Å². The number of nitrogens with one attached hydrogen (secondary N) is 3. The summed E-state index contributed by atoms with van der Waals surface area (Å²) in [6, 6.07) is 3.93. The molecule has 1 fully saturated rings. The largest absolute Gasteiger partial charge is 0.465 e. The van der Waals surface area contributed by atoms with Crippen molar-refractivity contribution in [2.45, 2.75) is 18.9 Å². The summed E-state index contributed by atoms with van der Waals surface area (Å²) < 4.78 is 4.85. The highest BCUT2D eigenvalue weighted by molar-refractivity contribution is 5.95. The molecule has 9 heteroatoms. The Balaban J connectivity index is 1.82. The molecule has 1 aliphatic rings. The SMILES string of the molecule is COC(=O)c1cnc(Nc2cnc(C#N)cn2)cc1NC1CCNCC1. The lowest BCUT2D eigenvalue weighted by atomic mass is 10.1. The molecule has 3 N–H and O–H groups in total. The molecule has 2 aromatic heterocycles. The monoisotopic (exact) mass is 353 g/mol. The number of carbonyl (C=O) groups is 1. The van der Waals surface area contributed by atoms with E-state index in [-0.39, 0.29) is 11.7 Å². The lowest BCUT2D eigenvalue weighted by Gasteiger charge is -2.25.